The highest BCUT2D eigenvalue weighted by molar-refractivity contribution is 5.82. The van der Waals surface area contributed by atoms with E-state index < -0.39 is 0 Å². The molecule has 0 saturated carbocycles. The summed E-state index contributed by atoms with van der Waals surface area (Å²) >= 11 is 0. The Morgan fingerprint density at radius 2 is 1.82 bits per heavy atom. The number of amides is 1. The Bertz CT molecular complexity index is 280. The third-order valence-electron chi connectivity index (χ3n) is 3.18. The first-order chi connectivity index (χ1) is 7.91. The number of hydrogen-bond donors (Lipinski definition) is 1. The number of carbonyl (C=O) groups excluding carboxylic acids is 1. The van der Waals surface area contributed by atoms with Gasteiger partial charge in [0.1, 0.15) is 0 Å². The molecule has 0 spiro atoms. The van der Waals surface area contributed by atoms with Crippen LogP contribution in [0.5, 0.6) is 0 Å². The van der Waals surface area contributed by atoms with Gasteiger partial charge in [-0.2, -0.15) is 0 Å². The van der Waals surface area contributed by atoms with E-state index in [-0.39, 0.29) is 17.9 Å². The Morgan fingerprint density at radius 1 is 1.29 bits per heavy atom. The third-order valence-corrected chi connectivity index (χ3v) is 3.18. The van der Waals surface area contributed by atoms with Gasteiger partial charge < -0.3 is 10.6 Å². The maximum absolute atomic E-state index is 12.0. The molecule has 1 aliphatic rings. The van der Waals surface area contributed by atoms with Crippen molar-refractivity contribution >= 4 is 5.91 Å². The Morgan fingerprint density at radius 3 is 2.24 bits per heavy atom. The van der Waals surface area contributed by atoms with Crippen molar-refractivity contribution in [3.05, 3.63) is 12.2 Å². The SMILES string of the molecule is C=C(C)CN1CCN(C(=O)[C@@H](N)C(C)C)CC1. The molecule has 0 aromatic rings. The van der Waals surface area contributed by atoms with Gasteiger partial charge in [-0.1, -0.05) is 26.0 Å². The highest BCUT2D eigenvalue weighted by atomic mass is 16.2. The predicted molar refractivity (Wildman–Crippen MR) is 70.6 cm³/mol. The fourth-order valence-electron chi connectivity index (χ4n) is 2.00. The maximum Gasteiger partial charge on any atom is 0.239 e. The summed E-state index contributed by atoms with van der Waals surface area (Å²) in [6.45, 7) is 14.3. The van der Waals surface area contributed by atoms with Crippen LogP contribution >= 0.6 is 0 Å². The van der Waals surface area contributed by atoms with Crippen molar-refractivity contribution in [3.8, 4) is 0 Å². The number of nitrogens with zero attached hydrogens (tertiary/aromatic N) is 2. The van der Waals surface area contributed by atoms with E-state index >= 15 is 0 Å². The zero-order valence-corrected chi connectivity index (χ0v) is 11.3. The van der Waals surface area contributed by atoms with E-state index in [0.29, 0.717) is 0 Å². The zero-order valence-electron chi connectivity index (χ0n) is 11.3. The molecule has 1 aliphatic heterocycles. The van der Waals surface area contributed by atoms with Crippen molar-refractivity contribution in [2.75, 3.05) is 32.7 Å². The minimum Gasteiger partial charge on any atom is -0.339 e. The van der Waals surface area contributed by atoms with E-state index in [9.17, 15) is 4.79 Å². The van der Waals surface area contributed by atoms with Crippen LogP contribution in [0.4, 0.5) is 0 Å². The lowest BCUT2D eigenvalue weighted by molar-refractivity contribution is -0.135. The predicted octanol–water partition coefficient (Wildman–Crippen LogP) is 0.690. The van der Waals surface area contributed by atoms with Crippen molar-refractivity contribution in [2.24, 2.45) is 11.7 Å². The second-order valence-electron chi connectivity index (χ2n) is 5.33. The van der Waals surface area contributed by atoms with E-state index in [1.165, 1.54) is 5.57 Å². The second kappa shape index (κ2) is 6.17. The van der Waals surface area contributed by atoms with Gasteiger partial charge >= 0.3 is 0 Å². The molecule has 1 heterocycles. The molecule has 1 atom stereocenters. The Labute approximate surface area is 104 Å². The molecule has 1 amide bonds. The second-order valence-corrected chi connectivity index (χ2v) is 5.33. The molecule has 17 heavy (non-hydrogen) atoms. The summed E-state index contributed by atoms with van der Waals surface area (Å²) in [5.41, 5.74) is 7.06. The van der Waals surface area contributed by atoms with Crippen LogP contribution in [0.1, 0.15) is 20.8 Å². The fraction of sp³-hybridized carbons (Fsp3) is 0.769. The Balaban J connectivity index is 2.41. The summed E-state index contributed by atoms with van der Waals surface area (Å²) in [7, 11) is 0. The molecular weight excluding hydrogens is 214 g/mol. The molecule has 0 unspecified atom stereocenters. The zero-order chi connectivity index (χ0) is 13.0. The third kappa shape index (κ3) is 4.13. The smallest absolute Gasteiger partial charge is 0.239 e. The van der Waals surface area contributed by atoms with Gasteiger partial charge in [0.25, 0.3) is 0 Å². The van der Waals surface area contributed by atoms with Crippen molar-refractivity contribution < 1.29 is 4.79 Å². The van der Waals surface area contributed by atoms with Crippen LogP contribution in [0.3, 0.4) is 0 Å². The van der Waals surface area contributed by atoms with Crippen molar-refractivity contribution in [2.45, 2.75) is 26.8 Å². The van der Waals surface area contributed by atoms with Crippen molar-refractivity contribution in [1.82, 2.24) is 9.80 Å². The molecule has 0 aromatic carbocycles. The van der Waals surface area contributed by atoms with Crippen LogP contribution in [-0.2, 0) is 4.79 Å². The van der Waals surface area contributed by atoms with E-state index in [0.717, 1.165) is 32.7 Å². The largest absolute Gasteiger partial charge is 0.339 e. The maximum atomic E-state index is 12.0. The van der Waals surface area contributed by atoms with E-state index in [1.807, 2.05) is 25.7 Å². The molecule has 4 heteroatoms. The van der Waals surface area contributed by atoms with Gasteiger partial charge in [-0.05, 0) is 12.8 Å². The van der Waals surface area contributed by atoms with Crippen molar-refractivity contribution in [3.63, 3.8) is 0 Å². The van der Waals surface area contributed by atoms with Gasteiger partial charge in [0, 0.05) is 32.7 Å². The average Bonchev–Trinajstić information content (AvgIpc) is 2.27. The molecule has 1 saturated heterocycles. The normalized spacial score (nSPS) is 19.5. The molecule has 98 valence electrons. The first kappa shape index (κ1) is 14.2. The highest BCUT2D eigenvalue weighted by Crippen LogP contribution is 2.08. The molecule has 2 N–H and O–H groups in total. The van der Waals surface area contributed by atoms with Crippen LogP contribution in [0.2, 0.25) is 0 Å². The first-order valence-corrected chi connectivity index (χ1v) is 6.33. The summed E-state index contributed by atoms with van der Waals surface area (Å²) in [5, 5.41) is 0. The minimum atomic E-state index is -0.359. The lowest BCUT2D eigenvalue weighted by Gasteiger charge is -2.36. The summed E-state index contributed by atoms with van der Waals surface area (Å²) in [6.07, 6.45) is 0. The molecule has 4 nitrogen and oxygen atoms in total. The molecule has 0 aromatic heterocycles. The Hall–Kier alpha value is -0.870. The van der Waals surface area contributed by atoms with Gasteiger partial charge in [0.15, 0.2) is 0 Å². The van der Waals surface area contributed by atoms with Crippen LogP contribution in [0.25, 0.3) is 0 Å². The summed E-state index contributed by atoms with van der Waals surface area (Å²) in [4.78, 5) is 16.2. The van der Waals surface area contributed by atoms with Gasteiger partial charge in [-0.15, -0.1) is 0 Å². The summed E-state index contributed by atoms with van der Waals surface area (Å²) < 4.78 is 0. The summed E-state index contributed by atoms with van der Waals surface area (Å²) in [5.74, 6) is 0.297. The van der Waals surface area contributed by atoms with Crippen LogP contribution in [0.15, 0.2) is 12.2 Å². The first-order valence-electron chi connectivity index (χ1n) is 6.33. The molecule has 0 radical (unpaired) electrons. The van der Waals surface area contributed by atoms with Gasteiger partial charge in [0.05, 0.1) is 6.04 Å². The molecule has 0 aliphatic carbocycles. The highest BCUT2D eigenvalue weighted by Gasteiger charge is 2.26. The minimum absolute atomic E-state index is 0.0926. The van der Waals surface area contributed by atoms with E-state index in [4.69, 9.17) is 5.73 Å². The standard InChI is InChI=1S/C13H25N3O/c1-10(2)9-15-5-7-16(8-6-15)13(17)12(14)11(3)4/h11-12H,1,5-9,14H2,2-4H3/t12-/m0/s1. The lowest BCUT2D eigenvalue weighted by atomic mass is 10.0. The number of carbonyl (C=O) groups is 1. The van der Waals surface area contributed by atoms with Crippen molar-refractivity contribution in [1.29, 1.82) is 0 Å². The van der Waals surface area contributed by atoms with Crippen LogP contribution < -0.4 is 5.73 Å². The van der Waals surface area contributed by atoms with Crippen LogP contribution in [-0.4, -0.2) is 54.5 Å². The topological polar surface area (TPSA) is 49.6 Å². The van der Waals surface area contributed by atoms with E-state index in [2.05, 4.69) is 11.5 Å². The Kier molecular flexibility index (Phi) is 5.15. The van der Waals surface area contributed by atoms with Gasteiger partial charge in [-0.3, -0.25) is 9.69 Å². The number of hydrogen-bond acceptors (Lipinski definition) is 3. The number of rotatable bonds is 4. The number of nitrogens with two attached hydrogens (primary N) is 1. The monoisotopic (exact) mass is 239 g/mol. The summed E-state index contributed by atoms with van der Waals surface area (Å²) in [6, 6.07) is -0.359. The van der Waals surface area contributed by atoms with Gasteiger partial charge in [-0.25, -0.2) is 0 Å². The van der Waals surface area contributed by atoms with Gasteiger partial charge in [0.2, 0.25) is 5.91 Å². The molecule has 1 rings (SSSR count). The molecule has 0 bridgehead atoms. The van der Waals surface area contributed by atoms with Crippen LogP contribution in [0, 0.1) is 5.92 Å². The quantitative estimate of drug-likeness (QED) is 0.734. The molecule has 1 fully saturated rings. The van der Waals surface area contributed by atoms with E-state index in [1.54, 1.807) is 0 Å². The lowest BCUT2D eigenvalue weighted by Crippen LogP contribution is -2.54. The molecular formula is C13H25N3O. The average molecular weight is 239 g/mol. The number of piperazine rings is 1. The fourth-order valence-corrected chi connectivity index (χ4v) is 2.00.